The monoisotopic (exact) mass is 241 g/mol. The molecule has 2 amide bonds. The van der Waals surface area contributed by atoms with Crippen molar-refractivity contribution in [2.45, 2.75) is 12.8 Å². The van der Waals surface area contributed by atoms with E-state index in [0.717, 1.165) is 6.54 Å². The fourth-order valence-electron chi connectivity index (χ4n) is 1.46. The van der Waals surface area contributed by atoms with Gasteiger partial charge in [0.1, 0.15) is 0 Å². The highest BCUT2D eigenvalue weighted by molar-refractivity contribution is 7.13. The lowest BCUT2D eigenvalue weighted by Gasteiger charge is -2.21. The van der Waals surface area contributed by atoms with E-state index in [-0.39, 0.29) is 12.6 Å². The van der Waals surface area contributed by atoms with E-state index in [4.69, 9.17) is 5.11 Å². The van der Waals surface area contributed by atoms with E-state index in [2.05, 4.69) is 10.3 Å². The summed E-state index contributed by atoms with van der Waals surface area (Å²) in [5.41, 5.74) is 0. The van der Waals surface area contributed by atoms with Crippen LogP contribution in [0.15, 0.2) is 11.6 Å². The van der Waals surface area contributed by atoms with Crippen molar-refractivity contribution in [2.24, 2.45) is 5.92 Å². The summed E-state index contributed by atoms with van der Waals surface area (Å²) in [5.74, 6) is 0.619. The summed E-state index contributed by atoms with van der Waals surface area (Å²) in [4.78, 5) is 17.5. The van der Waals surface area contributed by atoms with E-state index in [0.29, 0.717) is 17.6 Å². The normalized spacial score (nSPS) is 14.8. The van der Waals surface area contributed by atoms with Crippen LogP contribution in [0.25, 0.3) is 0 Å². The van der Waals surface area contributed by atoms with Gasteiger partial charge in [-0.05, 0) is 18.8 Å². The van der Waals surface area contributed by atoms with E-state index < -0.39 is 0 Å². The second kappa shape index (κ2) is 5.27. The number of aliphatic hydroxyl groups is 1. The van der Waals surface area contributed by atoms with E-state index in [9.17, 15) is 4.79 Å². The van der Waals surface area contributed by atoms with Gasteiger partial charge in [-0.25, -0.2) is 9.78 Å². The molecule has 2 rings (SSSR count). The van der Waals surface area contributed by atoms with Crippen molar-refractivity contribution in [1.82, 2.24) is 9.88 Å². The maximum atomic E-state index is 11.8. The maximum absolute atomic E-state index is 11.8. The Morgan fingerprint density at radius 2 is 2.50 bits per heavy atom. The molecule has 1 aromatic heterocycles. The number of nitrogens with one attached hydrogen (secondary N) is 1. The number of aromatic nitrogens is 1. The smallest absolute Gasteiger partial charge is 0.323 e. The Balaban J connectivity index is 1.87. The molecule has 16 heavy (non-hydrogen) atoms. The number of hydrogen-bond donors (Lipinski definition) is 2. The number of amides is 2. The number of nitrogens with zero attached hydrogens (tertiary/aromatic N) is 2. The summed E-state index contributed by atoms with van der Waals surface area (Å²) in [6.45, 7) is 1.11. The quantitative estimate of drug-likeness (QED) is 0.818. The fourth-order valence-corrected chi connectivity index (χ4v) is 1.98. The van der Waals surface area contributed by atoms with Crippen molar-refractivity contribution in [1.29, 1.82) is 0 Å². The van der Waals surface area contributed by atoms with Crippen LogP contribution in [0.5, 0.6) is 0 Å². The summed E-state index contributed by atoms with van der Waals surface area (Å²) < 4.78 is 0. The van der Waals surface area contributed by atoms with Gasteiger partial charge in [-0.3, -0.25) is 5.32 Å². The Hall–Kier alpha value is -1.14. The third-order valence-corrected chi connectivity index (χ3v) is 3.17. The topological polar surface area (TPSA) is 65.5 Å². The van der Waals surface area contributed by atoms with Crippen LogP contribution in [0, 0.1) is 5.92 Å². The number of carbonyl (C=O) groups is 1. The molecule has 1 fully saturated rings. The second-order valence-electron chi connectivity index (χ2n) is 3.88. The molecule has 0 aliphatic heterocycles. The van der Waals surface area contributed by atoms with E-state index in [1.54, 1.807) is 11.1 Å². The third-order valence-electron chi connectivity index (χ3n) is 2.48. The molecule has 1 aromatic rings. The van der Waals surface area contributed by atoms with Gasteiger partial charge in [-0.15, -0.1) is 11.3 Å². The van der Waals surface area contributed by atoms with Crippen molar-refractivity contribution in [2.75, 3.05) is 25.0 Å². The van der Waals surface area contributed by atoms with Gasteiger partial charge in [0.15, 0.2) is 5.13 Å². The first kappa shape index (κ1) is 11.3. The van der Waals surface area contributed by atoms with Crippen molar-refractivity contribution in [3.05, 3.63) is 11.6 Å². The summed E-state index contributed by atoms with van der Waals surface area (Å²) in [7, 11) is 0. The second-order valence-corrected chi connectivity index (χ2v) is 4.77. The van der Waals surface area contributed by atoms with Gasteiger partial charge in [0, 0.05) is 24.7 Å². The molecule has 88 valence electrons. The van der Waals surface area contributed by atoms with Crippen molar-refractivity contribution >= 4 is 22.5 Å². The van der Waals surface area contributed by atoms with Crippen molar-refractivity contribution < 1.29 is 9.90 Å². The Morgan fingerprint density at radius 3 is 3.06 bits per heavy atom. The average Bonchev–Trinajstić information content (AvgIpc) is 2.94. The third kappa shape index (κ3) is 3.18. The van der Waals surface area contributed by atoms with E-state index in [1.165, 1.54) is 24.2 Å². The minimum absolute atomic E-state index is 0.00198. The molecule has 0 radical (unpaired) electrons. The molecule has 0 bridgehead atoms. The molecule has 1 aliphatic rings. The molecular formula is C10H15N3O2S. The Bertz CT molecular complexity index is 338. The molecule has 1 heterocycles. The van der Waals surface area contributed by atoms with Crippen molar-refractivity contribution in [3.63, 3.8) is 0 Å². The van der Waals surface area contributed by atoms with Crippen LogP contribution in [-0.4, -0.2) is 40.7 Å². The highest BCUT2D eigenvalue weighted by Crippen LogP contribution is 2.29. The minimum atomic E-state index is -0.170. The predicted octanol–water partition coefficient (Wildman–Crippen LogP) is 1.38. The van der Waals surface area contributed by atoms with Crippen molar-refractivity contribution in [3.8, 4) is 0 Å². The summed E-state index contributed by atoms with van der Waals surface area (Å²) >= 11 is 1.39. The van der Waals surface area contributed by atoms with Gasteiger partial charge in [0.25, 0.3) is 0 Å². The molecular weight excluding hydrogens is 226 g/mol. The van der Waals surface area contributed by atoms with Crippen LogP contribution in [0.2, 0.25) is 0 Å². The van der Waals surface area contributed by atoms with Gasteiger partial charge in [-0.1, -0.05) is 0 Å². The Kier molecular flexibility index (Phi) is 3.74. The average molecular weight is 241 g/mol. The van der Waals surface area contributed by atoms with Gasteiger partial charge in [0.2, 0.25) is 0 Å². The highest BCUT2D eigenvalue weighted by atomic mass is 32.1. The molecule has 5 nitrogen and oxygen atoms in total. The number of hydrogen-bond acceptors (Lipinski definition) is 4. The van der Waals surface area contributed by atoms with Gasteiger partial charge < -0.3 is 10.0 Å². The summed E-state index contributed by atoms with van der Waals surface area (Å²) in [6, 6.07) is -0.170. The number of rotatable bonds is 5. The molecule has 2 N–H and O–H groups in total. The molecule has 0 saturated heterocycles. The molecule has 1 aliphatic carbocycles. The van der Waals surface area contributed by atoms with Crippen LogP contribution >= 0.6 is 11.3 Å². The van der Waals surface area contributed by atoms with Crippen LogP contribution in [0.4, 0.5) is 9.93 Å². The van der Waals surface area contributed by atoms with Crippen LogP contribution in [-0.2, 0) is 0 Å². The summed E-state index contributed by atoms with van der Waals surface area (Å²) in [6.07, 6.45) is 4.02. The zero-order valence-electron chi connectivity index (χ0n) is 8.93. The number of anilines is 1. The zero-order valence-corrected chi connectivity index (χ0v) is 9.74. The van der Waals surface area contributed by atoms with Crippen LogP contribution < -0.4 is 5.32 Å². The first-order valence-corrected chi connectivity index (χ1v) is 6.24. The molecule has 0 aromatic carbocycles. The SMILES string of the molecule is O=C(Nc1nccs1)N(CCO)CC1CC1. The molecule has 0 unspecified atom stereocenters. The number of urea groups is 1. The Morgan fingerprint density at radius 1 is 1.69 bits per heavy atom. The van der Waals surface area contributed by atoms with E-state index >= 15 is 0 Å². The summed E-state index contributed by atoms with van der Waals surface area (Å²) in [5, 5.41) is 14.0. The number of thiazole rings is 1. The molecule has 1 saturated carbocycles. The lowest BCUT2D eigenvalue weighted by atomic mass is 10.4. The van der Waals surface area contributed by atoms with Gasteiger partial charge in [0.05, 0.1) is 6.61 Å². The zero-order chi connectivity index (χ0) is 11.4. The lowest BCUT2D eigenvalue weighted by Crippen LogP contribution is -2.38. The molecule has 0 atom stereocenters. The number of aliphatic hydroxyl groups excluding tert-OH is 1. The van der Waals surface area contributed by atoms with Crippen LogP contribution in [0.1, 0.15) is 12.8 Å². The first-order valence-electron chi connectivity index (χ1n) is 5.36. The van der Waals surface area contributed by atoms with E-state index in [1.807, 2.05) is 5.38 Å². The number of carbonyl (C=O) groups excluding carboxylic acids is 1. The largest absolute Gasteiger partial charge is 0.395 e. The first-order chi connectivity index (χ1) is 7.79. The molecule has 6 heteroatoms. The highest BCUT2D eigenvalue weighted by Gasteiger charge is 2.26. The standard InChI is InChI=1S/C10H15N3O2S/c14-5-4-13(7-8-1-2-8)10(15)12-9-11-3-6-16-9/h3,6,8,14H,1-2,4-5,7H2,(H,11,12,15). The predicted molar refractivity (Wildman–Crippen MR) is 62.5 cm³/mol. The van der Waals surface area contributed by atoms with Gasteiger partial charge >= 0.3 is 6.03 Å². The fraction of sp³-hybridized carbons (Fsp3) is 0.600. The minimum Gasteiger partial charge on any atom is -0.395 e. The molecule has 0 spiro atoms. The van der Waals surface area contributed by atoms with Crippen LogP contribution in [0.3, 0.4) is 0 Å². The Labute approximate surface area is 98.1 Å². The maximum Gasteiger partial charge on any atom is 0.323 e. The lowest BCUT2D eigenvalue weighted by molar-refractivity contribution is 0.185. The van der Waals surface area contributed by atoms with Gasteiger partial charge in [-0.2, -0.15) is 0 Å².